The molecule has 0 spiro atoms. The molecule has 0 unspecified atom stereocenters. The Morgan fingerprint density at radius 3 is 2.42 bits per heavy atom. The average Bonchev–Trinajstić information content (AvgIpc) is 2.61. The number of ether oxygens (including phenoxy) is 2. The second kappa shape index (κ2) is 8.26. The summed E-state index contributed by atoms with van der Waals surface area (Å²) in [7, 11) is 1.26. The van der Waals surface area contributed by atoms with E-state index in [4.69, 9.17) is 4.74 Å². The number of carbonyl (C=O) groups is 2. The molecule has 0 heterocycles. The number of hydrogen-bond donors (Lipinski definition) is 1. The fourth-order valence-electron chi connectivity index (χ4n) is 1.96. The Bertz CT molecular complexity index is 758. The molecular weight excluding hydrogens is 330 g/mol. The first-order valence-corrected chi connectivity index (χ1v) is 8.36. The van der Waals surface area contributed by atoms with Gasteiger partial charge in [0.15, 0.2) is 0 Å². The van der Waals surface area contributed by atoms with Gasteiger partial charge in [0.1, 0.15) is 11.5 Å². The smallest absolute Gasteiger partial charge is 0.337 e. The van der Waals surface area contributed by atoms with Crippen molar-refractivity contribution in [3.63, 3.8) is 0 Å². The molecule has 0 fully saturated rings. The average molecular weight is 347 g/mol. The van der Waals surface area contributed by atoms with Crippen LogP contribution in [0.5, 0.6) is 5.75 Å². The first-order valence-electron chi connectivity index (χ1n) is 7.04. The minimum atomic E-state index is -1.57. The highest BCUT2D eigenvalue weighted by Crippen LogP contribution is 2.16. The molecule has 0 saturated heterocycles. The highest BCUT2D eigenvalue weighted by molar-refractivity contribution is 7.85. The van der Waals surface area contributed by atoms with Crippen molar-refractivity contribution in [1.29, 1.82) is 0 Å². The van der Waals surface area contributed by atoms with E-state index in [1.165, 1.54) is 13.2 Å². The van der Waals surface area contributed by atoms with Crippen molar-refractivity contribution in [2.45, 2.75) is 4.90 Å². The van der Waals surface area contributed by atoms with Gasteiger partial charge in [-0.15, -0.1) is 0 Å². The third-order valence-electron chi connectivity index (χ3n) is 3.15. The van der Waals surface area contributed by atoms with Crippen LogP contribution in [0.4, 0.5) is 5.69 Å². The van der Waals surface area contributed by atoms with E-state index in [9.17, 15) is 13.8 Å². The van der Waals surface area contributed by atoms with E-state index in [0.29, 0.717) is 21.9 Å². The zero-order valence-corrected chi connectivity index (χ0v) is 14.1. The number of carbonyl (C=O) groups excluding carboxylic acids is 2. The highest BCUT2D eigenvalue weighted by Gasteiger charge is 2.13. The quantitative estimate of drug-likeness (QED) is 0.811. The summed E-state index contributed by atoms with van der Waals surface area (Å²) in [5.41, 5.74) is 0.875. The van der Waals surface area contributed by atoms with Crippen LogP contribution >= 0.6 is 0 Å². The zero-order valence-electron chi connectivity index (χ0n) is 13.3. The van der Waals surface area contributed by atoms with Crippen LogP contribution in [0.25, 0.3) is 0 Å². The number of anilines is 1. The molecular formula is C17H17NO5S. The maximum atomic E-state index is 12.3. The Hall–Kier alpha value is -2.67. The third-order valence-corrected chi connectivity index (χ3v) is 4.46. The Kier molecular flexibility index (Phi) is 6.08. The molecule has 0 radical (unpaired) electrons. The monoisotopic (exact) mass is 347 g/mol. The van der Waals surface area contributed by atoms with Crippen molar-refractivity contribution in [3.8, 4) is 5.75 Å². The van der Waals surface area contributed by atoms with E-state index in [-0.39, 0.29) is 11.7 Å². The SMILES string of the molecule is COC(=O)c1cccc([S@](=O)CC(=O)Nc2ccc(OC)cc2)c1. The molecule has 24 heavy (non-hydrogen) atoms. The molecule has 7 heteroatoms. The molecule has 126 valence electrons. The van der Waals surface area contributed by atoms with E-state index >= 15 is 0 Å². The van der Waals surface area contributed by atoms with Gasteiger partial charge >= 0.3 is 5.97 Å². The van der Waals surface area contributed by atoms with Gasteiger partial charge in [-0.05, 0) is 42.5 Å². The Morgan fingerprint density at radius 1 is 1.08 bits per heavy atom. The lowest BCUT2D eigenvalue weighted by molar-refractivity contribution is -0.113. The van der Waals surface area contributed by atoms with Crippen molar-refractivity contribution < 1.29 is 23.3 Å². The molecule has 1 N–H and O–H groups in total. The number of hydrogen-bond acceptors (Lipinski definition) is 5. The molecule has 0 saturated carbocycles. The lowest BCUT2D eigenvalue weighted by atomic mass is 10.2. The van der Waals surface area contributed by atoms with Gasteiger partial charge in [0.2, 0.25) is 5.91 Å². The predicted octanol–water partition coefficient (Wildman–Crippen LogP) is 2.23. The van der Waals surface area contributed by atoms with Crippen LogP contribution in [0, 0.1) is 0 Å². The number of esters is 1. The number of amides is 1. The Morgan fingerprint density at radius 2 is 1.79 bits per heavy atom. The van der Waals surface area contributed by atoms with Crippen molar-refractivity contribution in [2.75, 3.05) is 25.3 Å². The van der Waals surface area contributed by atoms with E-state index < -0.39 is 16.8 Å². The molecule has 2 aromatic rings. The summed E-state index contributed by atoms with van der Waals surface area (Å²) in [4.78, 5) is 23.9. The van der Waals surface area contributed by atoms with Crippen LogP contribution in [0.1, 0.15) is 10.4 Å². The number of nitrogens with one attached hydrogen (secondary N) is 1. The predicted molar refractivity (Wildman–Crippen MR) is 90.7 cm³/mol. The van der Waals surface area contributed by atoms with Crippen LogP contribution in [0.15, 0.2) is 53.4 Å². The Labute approximate surface area is 142 Å². The number of rotatable bonds is 6. The first-order chi connectivity index (χ1) is 11.5. The summed E-state index contributed by atoms with van der Waals surface area (Å²) in [5.74, 6) is -0.439. The summed E-state index contributed by atoms with van der Waals surface area (Å²) >= 11 is 0. The number of benzene rings is 2. The Balaban J connectivity index is 2.00. The molecule has 2 rings (SSSR count). The lowest BCUT2D eigenvalue weighted by Gasteiger charge is -2.07. The van der Waals surface area contributed by atoms with Gasteiger partial charge in [0.25, 0.3) is 0 Å². The van der Waals surface area contributed by atoms with E-state index in [1.54, 1.807) is 49.6 Å². The molecule has 0 bridgehead atoms. The van der Waals surface area contributed by atoms with E-state index in [1.807, 2.05) is 0 Å². The van der Waals surface area contributed by atoms with E-state index in [2.05, 4.69) is 10.1 Å². The largest absolute Gasteiger partial charge is 0.497 e. The summed E-state index contributed by atoms with van der Waals surface area (Å²) in [5, 5.41) is 2.66. The van der Waals surface area contributed by atoms with Gasteiger partial charge in [-0.3, -0.25) is 9.00 Å². The fourth-order valence-corrected chi connectivity index (χ4v) is 2.92. The van der Waals surface area contributed by atoms with Gasteiger partial charge in [-0.25, -0.2) is 4.79 Å². The highest BCUT2D eigenvalue weighted by atomic mass is 32.2. The number of methoxy groups -OCH3 is 2. The van der Waals surface area contributed by atoms with Crippen LogP contribution in [0.3, 0.4) is 0 Å². The maximum absolute atomic E-state index is 12.3. The molecule has 1 amide bonds. The van der Waals surface area contributed by atoms with E-state index in [0.717, 1.165) is 0 Å². The molecule has 2 aromatic carbocycles. The van der Waals surface area contributed by atoms with Crippen molar-refractivity contribution in [3.05, 3.63) is 54.1 Å². The van der Waals surface area contributed by atoms with Crippen LogP contribution in [-0.4, -0.2) is 36.1 Å². The molecule has 1 atom stereocenters. The van der Waals surface area contributed by atoms with Crippen LogP contribution < -0.4 is 10.1 Å². The zero-order chi connectivity index (χ0) is 17.5. The second-order valence-electron chi connectivity index (χ2n) is 4.79. The topological polar surface area (TPSA) is 81.7 Å². The minimum absolute atomic E-state index is 0.212. The minimum Gasteiger partial charge on any atom is -0.497 e. The summed E-state index contributed by atoms with van der Waals surface area (Å²) < 4.78 is 21.9. The molecule has 0 aliphatic carbocycles. The van der Waals surface area contributed by atoms with Gasteiger partial charge in [-0.2, -0.15) is 0 Å². The van der Waals surface area contributed by atoms with Crippen molar-refractivity contribution >= 4 is 28.4 Å². The summed E-state index contributed by atoms with van der Waals surface area (Å²) in [6, 6.07) is 13.0. The van der Waals surface area contributed by atoms with Gasteiger partial charge in [0, 0.05) is 10.6 Å². The first kappa shape index (κ1) is 17.7. The van der Waals surface area contributed by atoms with Gasteiger partial charge in [0.05, 0.1) is 30.6 Å². The molecule has 6 nitrogen and oxygen atoms in total. The van der Waals surface area contributed by atoms with Crippen LogP contribution in [0.2, 0.25) is 0 Å². The van der Waals surface area contributed by atoms with Gasteiger partial charge < -0.3 is 14.8 Å². The summed E-state index contributed by atoms with van der Waals surface area (Å²) in [6.07, 6.45) is 0. The lowest BCUT2D eigenvalue weighted by Crippen LogP contribution is -2.19. The third kappa shape index (κ3) is 4.66. The molecule has 0 aliphatic heterocycles. The second-order valence-corrected chi connectivity index (χ2v) is 6.24. The molecule has 0 aliphatic rings. The fraction of sp³-hybridized carbons (Fsp3) is 0.176. The normalized spacial score (nSPS) is 11.4. The van der Waals surface area contributed by atoms with Crippen molar-refractivity contribution in [1.82, 2.24) is 0 Å². The maximum Gasteiger partial charge on any atom is 0.337 e. The summed E-state index contributed by atoms with van der Waals surface area (Å²) in [6.45, 7) is 0. The van der Waals surface area contributed by atoms with Crippen LogP contribution in [-0.2, 0) is 20.3 Å². The van der Waals surface area contributed by atoms with Gasteiger partial charge in [-0.1, -0.05) is 6.07 Å². The standard InChI is InChI=1S/C17H17NO5S/c1-22-14-8-6-13(7-9-14)18-16(19)11-24(21)15-5-3-4-12(10-15)17(20)23-2/h3-10H,11H2,1-2H3,(H,18,19)/t24-/m1/s1. The van der Waals surface area contributed by atoms with Crippen molar-refractivity contribution in [2.24, 2.45) is 0 Å². The molecule has 0 aromatic heterocycles.